The predicted octanol–water partition coefficient (Wildman–Crippen LogP) is 2.92. The first kappa shape index (κ1) is 13.8. The molecule has 9 heteroatoms. The largest absolute Gasteiger partial charge is 0.483 e. The number of nitrogens with zero attached hydrogens (tertiary/aromatic N) is 2. The molecular formula is C11H8F3N3O3. The summed E-state index contributed by atoms with van der Waals surface area (Å²) < 4.78 is 42.2. The average molecular weight is 287 g/mol. The molecule has 0 aliphatic rings. The smallest absolute Gasteiger partial charge is 0.416 e. The van der Waals surface area contributed by atoms with Crippen molar-refractivity contribution >= 4 is 5.82 Å². The molecule has 20 heavy (non-hydrogen) atoms. The van der Waals surface area contributed by atoms with Crippen LogP contribution in [-0.2, 0) is 12.8 Å². The number of benzene rings is 1. The van der Waals surface area contributed by atoms with Gasteiger partial charge >= 0.3 is 12.0 Å². The van der Waals surface area contributed by atoms with Crippen LogP contribution in [0.5, 0.6) is 5.75 Å². The van der Waals surface area contributed by atoms with Gasteiger partial charge in [0.2, 0.25) is 5.82 Å². The molecule has 0 aliphatic carbocycles. The van der Waals surface area contributed by atoms with E-state index in [4.69, 9.17) is 4.74 Å². The third-order valence-electron chi connectivity index (χ3n) is 2.37. The lowest BCUT2D eigenvalue weighted by Gasteiger charge is -2.07. The minimum absolute atomic E-state index is 0.112. The Labute approximate surface area is 110 Å². The summed E-state index contributed by atoms with van der Waals surface area (Å²) >= 11 is 0. The van der Waals surface area contributed by atoms with E-state index in [1.807, 2.05) is 0 Å². The maximum absolute atomic E-state index is 12.3. The van der Waals surface area contributed by atoms with Crippen LogP contribution in [0.25, 0.3) is 0 Å². The summed E-state index contributed by atoms with van der Waals surface area (Å²) in [6.07, 6.45) is -3.37. The van der Waals surface area contributed by atoms with Crippen molar-refractivity contribution in [2.24, 2.45) is 0 Å². The molecular weight excluding hydrogens is 279 g/mol. The van der Waals surface area contributed by atoms with Gasteiger partial charge in [0, 0.05) is 0 Å². The fraction of sp³-hybridized carbons (Fsp3) is 0.182. The number of hydrogen-bond donors (Lipinski definition) is 1. The molecule has 2 rings (SSSR count). The van der Waals surface area contributed by atoms with Crippen LogP contribution in [0.15, 0.2) is 30.5 Å². The van der Waals surface area contributed by atoms with Gasteiger partial charge in [-0.05, 0) is 29.2 Å². The first-order chi connectivity index (χ1) is 9.36. The van der Waals surface area contributed by atoms with Crippen molar-refractivity contribution in [1.29, 1.82) is 0 Å². The number of hydrogen-bond acceptors (Lipinski definition) is 4. The lowest BCUT2D eigenvalue weighted by Crippen LogP contribution is -2.04. The highest BCUT2D eigenvalue weighted by molar-refractivity contribution is 5.29. The van der Waals surface area contributed by atoms with Crippen LogP contribution in [0.4, 0.5) is 19.0 Å². The van der Waals surface area contributed by atoms with Gasteiger partial charge in [0.1, 0.15) is 11.9 Å². The number of H-pyrrole nitrogens is 1. The molecule has 0 spiro atoms. The van der Waals surface area contributed by atoms with Crippen LogP contribution >= 0.6 is 0 Å². The van der Waals surface area contributed by atoms with Crippen molar-refractivity contribution < 1.29 is 22.8 Å². The molecule has 0 fully saturated rings. The molecule has 0 saturated carbocycles. The Morgan fingerprint density at radius 2 is 1.95 bits per heavy atom. The molecule has 1 heterocycles. The molecule has 2 aromatic rings. The first-order valence-corrected chi connectivity index (χ1v) is 5.34. The maximum atomic E-state index is 12.3. The van der Waals surface area contributed by atoms with Crippen LogP contribution in [0.2, 0.25) is 0 Å². The number of alkyl halides is 3. The van der Waals surface area contributed by atoms with Crippen LogP contribution < -0.4 is 4.74 Å². The molecule has 0 atom stereocenters. The summed E-state index contributed by atoms with van der Waals surface area (Å²) in [7, 11) is 0. The van der Waals surface area contributed by atoms with Gasteiger partial charge in [-0.2, -0.15) is 13.2 Å². The number of aromatic nitrogens is 2. The first-order valence-electron chi connectivity index (χ1n) is 5.34. The molecule has 0 radical (unpaired) electrons. The van der Waals surface area contributed by atoms with E-state index in [2.05, 4.69) is 9.97 Å². The van der Waals surface area contributed by atoms with Crippen molar-refractivity contribution in [1.82, 2.24) is 9.97 Å². The Balaban J connectivity index is 1.98. The second-order valence-corrected chi connectivity index (χ2v) is 3.78. The van der Waals surface area contributed by atoms with Gasteiger partial charge in [0.25, 0.3) is 0 Å². The van der Waals surface area contributed by atoms with E-state index in [-0.39, 0.29) is 24.0 Å². The van der Waals surface area contributed by atoms with Gasteiger partial charge in [-0.1, -0.05) is 0 Å². The van der Waals surface area contributed by atoms with Gasteiger partial charge < -0.3 is 14.9 Å². The number of rotatable bonds is 4. The second-order valence-electron chi connectivity index (χ2n) is 3.78. The third kappa shape index (κ3) is 3.25. The monoisotopic (exact) mass is 287 g/mol. The van der Waals surface area contributed by atoms with Gasteiger partial charge in [-0.3, -0.25) is 0 Å². The van der Waals surface area contributed by atoms with Crippen LogP contribution in [-0.4, -0.2) is 14.9 Å². The maximum Gasteiger partial charge on any atom is 0.416 e. The SMILES string of the molecule is O=[N+]([O-])c1cnc(COc2ccc(C(F)(F)F)cc2)[nH]1. The molecule has 0 unspecified atom stereocenters. The second kappa shape index (κ2) is 5.19. The number of ether oxygens (including phenoxy) is 1. The lowest BCUT2D eigenvalue weighted by atomic mass is 10.2. The fourth-order valence-corrected chi connectivity index (χ4v) is 1.41. The van der Waals surface area contributed by atoms with Crippen molar-refractivity contribution in [2.45, 2.75) is 12.8 Å². The quantitative estimate of drug-likeness (QED) is 0.692. The Bertz CT molecular complexity index is 607. The van der Waals surface area contributed by atoms with Gasteiger partial charge in [-0.15, -0.1) is 0 Å². The van der Waals surface area contributed by atoms with Crippen molar-refractivity contribution in [3.63, 3.8) is 0 Å². The van der Waals surface area contributed by atoms with Gasteiger partial charge in [-0.25, -0.2) is 9.97 Å². The summed E-state index contributed by atoms with van der Waals surface area (Å²) in [6, 6.07) is 4.11. The minimum atomic E-state index is -4.40. The van der Waals surface area contributed by atoms with Crippen molar-refractivity contribution in [3.05, 3.63) is 52.0 Å². The third-order valence-corrected chi connectivity index (χ3v) is 2.37. The Morgan fingerprint density at radius 3 is 2.45 bits per heavy atom. The summed E-state index contributed by atoms with van der Waals surface area (Å²) in [6.45, 7) is -0.112. The number of aromatic amines is 1. The van der Waals surface area contributed by atoms with Gasteiger partial charge in [0.15, 0.2) is 6.61 Å². The zero-order chi connectivity index (χ0) is 14.8. The molecule has 1 aromatic heterocycles. The van der Waals surface area contributed by atoms with E-state index < -0.39 is 16.7 Å². The summed E-state index contributed by atoms with van der Waals surface area (Å²) in [4.78, 5) is 15.9. The van der Waals surface area contributed by atoms with E-state index in [0.717, 1.165) is 18.3 Å². The van der Waals surface area contributed by atoms with Crippen molar-refractivity contribution in [3.8, 4) is 5.75 Å². The summed E-state index contributed by atoms with van der Waals surface area (Å²) in [5.74, 6) is 0.129. The normalized spacial score (nSPS) is 11.3. The zero-order valence-corrected chi connectivity index (χ0v) is 9.85. The van der Waals surface area contributed by atoms with E-state index in [9.17, 15) is 23.3 Å². The number of nitrogens with one attached hydrogen (secondary N) is 1. The van der Waals surface area contributed by atoms with Crippen LogP contribution in [0.3, 0.4) is 0 Å². The van der Waals surface area contributed by atoms with E-state index in [1.165, 1.54) is 12.1 Å². The molecule has 0 aliphatic heterocycles. The van der Waals surface area contributed by atoms with E-state index in [1.54, 1.807) is 0 Å². The number of nitro groups is 1. The Hall–Kier alpha value is -2.58. The molecule has 0 bridgehead atoms. The van der Waals surface area contributed by atoms with Crippen LogP contribution in [0, 0.1) is 10.1 Å². The highest BCUT2D eigenvalue weighted by atomic mass is 19.4. The number of halogens is 3. The fourth-order valence-electron chi connectivity index (χ4n) is 1.41. The predicted molar refractivity (Wildman–Crippen MR) is 61.0 cm³/mol. The Morgan fingerprint density at radius 1 is 1.30 bits per heavy atom. The highest BCUT2D eigenvalue weighted by Crippen LogP contribution is 2.30. The highest BCUT2D eigenvalue weighted by Gasteiger charge is 2.30. The number of imidazole rings is 1. The Kier molecular flexibility index (Phi) is 3.59. The van der Waals surface area contributed by atoms with E-state index in [0.29, 0.717) is 0 Å². The van der Waals surface area contributed by atoms with Crippen molar-refractivity contribution in [2.75, 3.05) is 0 Å². The van der Waals surface area contributed by atoms with Crippen LogP contribution in [0.1, 0.15) is 11.4 Å². The summed E-state index contributed by atoms with van der Waals surface area (Å²) in [5, 5.41) is 10.4. The minimum Gasteiger partial charge on any atom is -0.483 e. The van der Waals surface area contributed by atoms with E-state index >= 15 is 0 Å². The lowest BCUT2D eigenvalue weighted by molar-refractivity contribution is -0.389. The molecule has 1 N–H and O–H groups in total. The standard InChI is InChI=1S/C11H8F3N3O3/c12-11(13,14)7-1-3-8(4-2-7)20-6-9-15-5-10(16-9)17(18)19/h1-5H,6H2,(H,15,16). The molecule has 1 aromatic carbocycles. The van der Waals surface area contributed by atoms with Gasteiger partial charge in [0.05, 0.1) is 5.56 Å². The summed E-state index contributed by atoms with van der Waals surface area (Å²) in [5.41, 5.74) is -0.779. The average Bonchev–Trinajstić information content (AvgIpc) is 2.85. The topological polar surface area (TPSA) is 81.1 Å². The molecule has 6 nitrogen and oxygen atoms in total. The molecule has 0 saturated heterocycles. The molecule has 106 valence electrons. The molecule has 0 amide bonds. The zero-order valence-electron chi connectivity index (χ0n) is 9.85.